The lowest BCUT2D eigenvalue weighted by Crippen LogP contribution is -2.30. The van der Waals surface area contributed by atoms with Gasteiger partial charge in [-0.15, -0.1) is 0 Å². The van der Waals surface area contributed by atoms with Crippen LogP contribution in [0.15, 0.2) is 47.2 Å². The van der Waals surface area contributed by atoms with E-state index in [9.17, 15) is 20.0 Å². The van der Waals surface area contributed by atoms with Crippen LogP contribution in [0.1, 0.15) is 25.3 Å². The Morgan fingerprint density at radius 2 is 2.15 bits per heavy atom. The molecule has 0 saturated carbocycles. The molecule has 1 aliphatic heterocycles. The van der Waals surface area contributed by atoms with Gasteiger partial charge in [-0.3, -0.25) is 15.1 Å². The zero-order chi connectivity index (χ0) is 14.9. The van der Waals surface area contributed by atoms with Crippen molar-refractivity contribution in [1.29, 1.82) is 0 Å². The van der Waals surface area contributed by atoms with Gasteiger partial charge < -0.3 is 10.4 Å². The Morgan fingerprint density at radius 3 is 2.65 bits per heavy atom. The molecule has 1 aromatic heterocycles. The van der Waals surface area contributed by atoms with E-state index in [0.29, 0.717) is 17.0 Å². The van der Waals surface area contributed by atoms with E-state index in [4.69, 9.17) is 0 Å². The highest BCUT2D eigenvalue weighted by Crippen LogP contribution is 2.37. The number of nitro groups is 1. The first kappa shape index (κ1) is 13.7. The van der Waals surface area contributed by atoms with Gasteiger partial charge in [0.1, 0.15) is 5.92 Å². The van der Waals surface area contributed by atoms with Crippen molar-refractivity contribution in [2.24, 2.45) is 0 Å². The lowest BCUT2D eigenvalue weighted by Gasteiger charge is -2.25. The molecule has 0 aromatic carbocycles. The summed E-state index contributed by atoms with van der Waals surface area (Å²) >= 11 is 0. The minimum Gasteiger partial charge on any atom is -0.478 e. The number of rotatable bonds is 3. The van der Waals surface area contributed by atoms with Gasteiger partial charge in [0.05, 0.1) is 16.2 Å². The molecular formula is C13H13N3O4. The van der Waals surface area contributed by atoms with Crippen molar-refractivity contribution in [3.8, 4) is 0 Å². The predicted molar refractivity (Wildman–Crippen MR) is 70.1 cm³/mol. The summed E-state index contributed by atoms with van der Waals surface area (Å²) in [7, 11) is 0. The third kappa shape index (κ3) is 2.25. The highest BCUT2D eigenvalue weighted by Gasteiger charge is 2.40. The number of nitrogens with one attached hydrogen (secondary N) is 1. The van der Waals surface area contributed by atoms with E-state index in [1.54, 1.807) is 26.0 Å². The lowest BCUT2D eigenvalue weighted by atomic mass is 9.85. The van der Waals surface area contributed by atoms with Gasteiger partial charge >= 0.3 is 5.97 Å². The van der Waals surface area contributed by atoms with Gasteiger partial charge in [0.2, 0.25) is 0 Å². The van der Waals surface area contributed by atoms with Gasteiger partial charge in [0.15, 0.2) is 0 Å². The molecule has 7 heteroatoms. The molecular weight excluding hydrogens is 262 g/mol. The van der Waals surface area contributed by atoms with Gasteiger partial charge in [-0.1, -0.05) is 6.07 Å². The molecule has 1 aromatic rings. The van der Waals surface area contributed by atoms with Crippen LogP contribution in [0.3, 0.4) is 0 Å². The van der Waals surface area contributed by atoms with Crippen LogP contribution in [0.4, 0.5) is 0 Å². The number of hydrogen-bond donors (Lipinski definition) is 2. The van der Waals surface area contributed by atoms with Crippen LogP contribution >= 0.6 is 0 Å². The van der Waals surface area contributed by atoms with E-state index in [0.717, 1.165) is 0 Å². The van der Waals surface area contributed by atoms with Crippen molar-refractivity contribution in [3.63, 3.8) is 0 Å². The highest BCUT2D eigenvalue weighted by atomic mass is 16.6. The summed E-state index contributed by atoms with van der Waals surface area (Å²) in [6.07, 6.45) is 2.98. The van der Waals surface area contributed by atoms with Crippen LogP contribution in [0.5, 0.6) is 0 Å². The Labute approximate surface area is 114 Å². The Hall–Kier alpha value is -2.70. The number of carbonyl (C=O) groups is 1. The first-order valence-corrected chi connectivity index (χ1v) is 5.89. The van der Waals surface area contributed by atoms with Crippen LogP contribution in [-0.2, 0) is 4.79 Å². The summed E-state index contributed by atoms with van der Waals surface area (Å²) in [5, 5.41) is 23.4. The number of carboxylic acid groups (broad SMARTS) is 1. The van der Waals surface area contributed by atoms with Crippen LogP contribution in [0.2, 0.25) is 0 Å². The summed E-state index contributed by atoms with van der Waals surface area (Å²) in [6.45, 7) is 3.15. The Balaban J connectivity index is 2.67. The SMILES string of the molecule is CC1=C(C(=O)O)C(c2cccnc2)C([N+](=O)[O-])=C(C)N1. The van der Waals surface area contributed by atoms with Crippen molar-refractivity contribution in [2.75, 3.05) is 0 Å². The van der Waals surface area contributed by atoms with Crippen LogP contribution in [0.25, 0.3) is 0 Å². The monoisotopic (exact) mass is 275 g/mol. The van der Waals surface area contributed by atoms with Crippen LogP contribution in [-0.4, -0.2) is 21.0 Å². The van der Waals surface area contributed by atoms with Gasteiger partial charge in [-0.25, -0.2) is 4.79 Å². The first-order valence-electron chi connectivity index (χ1n) is 5.89. The minimum absolute atomic E-state index is 0.0321. The molecule has 1 aliphatic rings. The molecule has 1 atom stereocenters. The molecule has 7 nitrogen and oxygen atoms in total. The number of aliphatic carboxylic acids is 1. The van der Waals surface area contributed by atoms with E-state index in [1.807, 2.05) is 0 Å². The maximum atomic E-state index is 11.5. The smallest absolute Gasteiger partial charge is 0.334 e. The third-order valence-electron chi connectivity index (χ3n) is 3.17. The standard InChI is InChI=1S/C13H13N3O4/c1-7-10(13(17)18)11(9-4-3-5-14-6-9)12(16(19)20)8(2)15-7/h3-6,11,15H,1-2H3,(H,17,18). The molecule has 0 bridgehead atoms. The van der Waals surface area contributed by atoms with Crippen molar-refractivity contribution >= 4 is 5.97 Å². The second kappa shape index (κ2) is 5.12. The fourth-order valence-corrected chi connectivity index (χ4v) is 2.38. The molecule has 0 spiro atoms. The molecule has 20 heavy (non-hydrogen) atoms. The van der Waals surface area contributed by atoms with E-state index < -0.39 is 16.8 Å². The lowest BCUT2D eigenvalue weighted by molar-refractivity contribution is -0.431. The molecule has 2 N–H and O–H groups in total. The minimum atomic E-state index is -1.18. The Kier molecular flexibility index (Phi) is 3.51. The molecule has 0 fully saturated rings. The van der Waals surface area contributed by atoms with Crippen molar-refractivity contribution in [2.45, 2.75) is 19.8 Å². The van der Waals surface area contributed by atoms with Crippen LogP contribution in [0, 0.1) is 10.1 Å². The quantitative estimate of drug-likeness (QED) is 0.641. The number of allylic oxidation sites excluding steroid dienone is 3. The zero-order valence-corrected chi connectivity index (χ0v) is 11.0. The molecule has 2 heterocycles. The van der Waals surface area contributed by atoms with E-state index in [2.05, 4.69) is 10.3 Å². The topological polar surface area (TPSA) is 105 Å². The third-order valence-corrected chi connectivity index (χ3v) is 3.17. The normalized spacial score (nSPS) is 18.8. The van der Waals surface area contributed by atoms with Crippen molar-refractivity contribution in [1.82, 2.24) is 10.3 Å². The average molecular weight is 275 g/mol. The fraction of sp³-hybridized carbons (Fsp3) is 0.231. The molecule has 1 unspecified atom stereocenters. The Morgan fingerprint density at radius 1 is 1.45 bits per heavy atom. The zero-order valence-electron chi connectivity index (χ0n) is 11.0. The fourth-order valence-electron chi connectivity index (χ4n) is 2.38. The number of carboxylic acids is 1. The number of dihydropyridines is 1. The molecule has 0 saturated heterocycles. The van der Waals surface area contributed by atoms with Gasteiger partial charge in [-0.05, 0) is 25.5 Å². The second-order valence-electron chi connectivity index (χ2n) is 4.46. The number of aromatic nitrogens is 1. The summed E-state index contributed by atoms with van der Waals surface area (Å²) < 4.78 is 0. The maximum Gasteiger partial charge on any atom is 0.334 e. The molecule has 0 radical (unpaired) electrons. The Bertz CT molecular complexity index is 598. The highest BCUT2D eigenvalue weighted by molar-refractivity contribution is 5.90. The first-order chi connectivity index (χ1) is 9.43. The maximum absolute atomic E-state index is 11.5. The molecule has 0 aliphatic carbocycles. The molecule has 2 rings (SSSR count). The van der Waals surface area contributed by atoms with Gasteiger partial charge in [0.25, 0.3) is 5.70 Å². The largest absolute Gasteiger partial charge is 0.478 e. The van der Waals surface area contributed by atoms with Crippen molar-refractivity contribution < 1.29 is 14.8 Å². The summed E-state index contributed by atoms with van der Waals surface area (Å²) in [5.74, 6) is -2.12. The summed E-state index contributed by atoms with van der Waals surface area (Å²) in [4.78, 5) is 26.1. The molecule has 104 valence electrons. The van der Waals surface area contributed by atoms with E-state index >= 15 is 0 Å². The van der Waals surface area contributed by atoms with E-state index in [-0.39, 0.29) is 11.3 Å². The van der Waals surface area contributed by atoms with E-state index in [1.165, 1.54) is 12.4 Å². The van der Waals surface area contributed by atoms with Crippen molar-refractivity contribution in [3.05, 3.63) is 62.9 Å². The predicted octanol–water partition coefficient (Wildman–Crippen LogP) is 1.64. The van der Waals surface area contributed by atoms with Gasteiger partial charge in [-0.2, -0.15) is 0 Å². The second-order valence-corrected chi connectivity index (χ2v) is 4.46. The summed E-state index contributed by atoms with van der Waals surface area (Å²) in [5.41, 5.74) is 1.02. The number of nitrogens with zero attached hydrogens (tertiary/aromatic N) is 2. The molecule has 0 amide bonds. The number of pyridine rings is 1. The number of hydrogen-bond acceptors (Lipinski definition) is 5. The average Bonchev–Trinajstić information content (AvgIpc) is 2.37. The van der Waals surface area contributed by atoms with Gasteiger partial charge in [0, 0.05) is 18.1 Å². The van der Waals surface area contributed by atoms with Crippen LogP contribution < -0.4 is 5.32 Å². The summed E-state index contributed by atoms with van der Waals surface area (Å²) in [6, 6.07) is 3.26.